The number of rotatable bonds is 2. The summed E-state index contributed by atoms with van der Waals surface area (Å²) in [6.45, 7) is 3.10. The average molecular weight is 293 g/mol. The normalized spacial score (nSPS) is 22.1. The molecule has 1 saturated heterocycles. The summed E-state index contributed by atoms with van der Waals surface area (Å²) in [5.74, 6) is -0.884. The van der Waals surface area contributed by atoms with Gasteiger partial charge in [-0.2, -0.15) is 4.31 Å². The third-order valence-electron chi connectivity index (χ3n) is 2.87. The van der Waals surface area contributed by atoms with E-state index in [9.17, 15) is 12.8 Å². The van der Waals surface area contributed by atoms with E-state index >= 15 is 0 Å². The van der Waals surface area contributed by atoms with Crippen LogP contribution >= 0.6 is 11.6 Å². The molecule has 0 saturated carbocycles. The van der Waals surface area contributed by atoms with Crippen molar-refractivity contribution < 1.29 is 12.8 Å². The van der Waals surface area contributed by atoms with E-state index < -0.39 is 15.8 Å². The fraction of sp³-hybridized carbons (Fsp3) is 0.455. The predicted molar refractivity (Wildman–Crippen MR) is 67.6 cm³/mol. The Hall–Kier alpha value is -0.690. The van der Waals surface area contributed by atoms with Gasteiger partial charge in [0.05, 0.1) is 5.02 Å². The second kappa shape index (κ2) is 5.13. The third-order valence-corrected chi connectivity index (χ3v) is 5.04. The van der Waals surface area contributed by atoms with Crippen molar-refractivity contribution in [1.82, 2.24) is 9.62 Å². The third kappa shape index (κ3) is 2.51. The molecule has 7 heteroatoms. The minimum Gasteiger partial charge on any atom is -0.312 e. The summed E-state index contributed by atoms with van der Waals surface area (Å²) in [6.07, 6.45) is 0. The number of hydrogen-bond donors (Lipinski definition) is 1. The molecule has 1 aliphatic heterocycles. The highest BCUT2D eigenvalue weighted by Gasteiger charge is 2.31. The first-order chi connectivity index (χ1) is 8.43. The maximum absolute atomic E-state index is 13.8. The molecule has 0 radical (unpaired) electrons. The van der Waals surface area contributed by atoms with Crippen molar-refractivity contribution in [3.05, 3.63) is 29.0 Å². The molecule has 1 aromatic rings. The molecule has 1 aromatic carbocycles. The molecule has 1 fully saturated rings. The molecule has 2 rings (SSSR count). The van der Waals surface area contributed by atoms with E-state index in [0.717, 1.165) is 0 Å². The van der Waals surface area contributed by atoms with E-state index in [1.807, 2.05) is 6.92 Å². The van der Waals surface area contributed by atoms with Gasteiger partial charge in [0.1, 0.15) is 4.90 Å². The molecule has 0 amide bonds. The summed E-state index contributed by atoms with van der Waals surface area (Å²) in [6, 6.07) is 4.06. The second-order valence-electron chi connectivity index (χ2n) is 4.27. The maximum Gasteiger partial charge on any atom is 0.246 e. The zero-order valence-corrected chi connectivity index (χ0v) is 11.4. The van der Waals surface area contributed by atoms with Crippen LogP contribution in [0.25, 0.3) is 0 Å². The fourth-order valence-corrected chi connectivity index (χ4v) is 3.78. The van der Waals surface area contributed by atoms with Crippen LogP contribution in [0.15, 0.2) is 23.1 Å². The molecule has 1 N–H and O–H groups in total. The Morgan fingerprint density at radius 3 is 2.89 bits per heavy atom. The van der Waals surface area contributed by atoms with Gasteiger partial charge in [-0.3, -0.25) is 0 Å². The van der Waals surface area contributed by atoms with Crippen LogP contribution in [0.4, 0.5) is 4.39 Å². The fourth-order valence-electron chi connectivity index (χ4n) is 1.94. The minimum atomic E-state index is -3.81. The van der Waals surface area contributed by atoms with Crippen molar-refractivity contribution in [1.29, 1.82) is 0 Å². The molecule has 0 aromatic heterocycles. The van der Waals surface area contributed by atoms with Crippen molar-refractivity contribution in [2.24, 2.45) is 0 Å². The van der Waals surface area contributed by atoms with Gasteiger partial charge < -0.3 is 5.32 Å². The van der Waals surface area contributed by atoms with Gasteiger partial charge in [-0.25, -0.2) is 12.8 Å². The van der Waals surface area contributed by atoms with E-state index in [2.05, 4.69) is 5.32 Å². The van der Waals surface area contributed by atoms with Crippen LogP contribution in [0.3, 0.4) is 0 Å². The van der Waals surface area contributed by atoms with Gasteiger partial charge in [-0.15, -0.1) is 0 Å². The number of nitrogens with zero attached hydrogens (tertiary/aromatic N) is 1. The Kier molecular flexibility index (Phi) is 3.91. The molecule has 4 nitrogen and oxygen atoms in total. The van der Waals surface area contributed by atoms with Gasteiger partial charge in [0.15, 0.2) is 5.82 Å². The lowest BCUT2D eigenvalue weighted by Gasteiger charge is -2.31. The van der Waals surface area contributed by atoms with Crippen molar-refractivity contribution in [3.63, 3.8) is 0 Å². The Morgan fingerprint density at radius 1 is 1.50 bits per heavy atom. The molecule has 0 aliphatic carbocycles. The summed E-state index contributed by atoms with van der Waals surface area (Å²) in [4.78, 5) is -0.357. The van der Waals surface area contributed by atoms with E-state index in [1.165, 1.54) is 22.5 Å². The van der Waals surface area contributed by atoms with Gasteiger partial charge in [-0.05, 0) is 19.1 Å². The summed E-state index contributed by atoms with van der Waals surface area (Å²) >= 11 is 5.62. The topological polar surface area (TPSA) is 49.4 Å². The number of piperazine rings is 1. The van der Waals surface area contributed by atoms with Crippen LogP contribution in [-0.4, -0.2) is 38.4 Å². The highest BCUT2D eigenvalue weighted by Crippen LogP contribution is 2.25. The molecule has 1 heterocycles. The van der Waals surface area contributed by atoms with E-state index in [4.69, 9.17) is 11.6 Å². The molecular weight excluding hydrogens is 279 g/mol. The summed E-state index contributed by atoms with van der Waals surface area (Å²) in [5.41, 5.74) is 0. The van der Waals surface area contributed by atoms with Gasteiger partial charge in [0.25, 0.3) is 0 Å². The van der Waals surface area contributed by atoms with Gasteiger partial charge >= 0.3 is 0 Å². The highest BCUT2D eigenvalue weighted by molar-refractivity contribution is 7.89. The Balaban J connectivity index is 2.39. The quantitative estimate of drug-likeness (QED) is 0.898. The number of hydrogen-bond acceptors (Lipinski definition) is 3. The minimum absolute atomic E-state index is 0.0516. The first kappa shape index (κ1) is 13.7. The molecule has 100 valence electrons. The summed E-state index contributed by atoms with van der Waals surface area (Å²) in [7, 11) is -3.81. The number of halogens is 2. The smallest absolute Gasteiger partial charge is 0.246 e. The lowest BCUT2D eigenvalue weighted by Crippen LogP contribution is -2.51. The molecule has 0 bridgehead atoms. The SMILES string of the molecule is C[C@@H]1CN(S(=O)(=O)c2cccc(Cl)c2F)CCN1. The molecular formula is C11H14ClFN2O2S. The summed E-state index contributed by atoms with van der Waals surface area (Å²) < 4.78 is 39.7. The zero-order chi connectivity index (χ0) is 13.3. The van der Waals surface area contributed by atoms with Crippen LogP contribution in [0, 0.1) is 5.82 Å². The standard InChI is InChI=1S/C11H14ClFN2O2S/c1-8-7-15(6-5-14-8)18(16,17)10-4-2-3-9(12)11(10)13/h2-4,8,14H,5-7H2,1H3/t8-/m1/s1. The van der Waals surface area contributed by atoms with Crippen LogP contribution in [-0.2, 0) is 10.0 Å². The van der Waals surface area contributed by atoms with Crippen molar-refractivity contribution in [2.45, 2.75) is 17.9 Å². The zero-order valence-electron chi connectivity index (χ0n) is 9.86. The molecule has 18 heavy (non-hydrogen) atoms. The molecule has 1 atom stereocenters. The van der Waals surface area contributed by atoms with Crippen molar-refractivity contribution in [2.75, 3.05) is 19.6 Å². The molecule has 1 aliphatic rings. The Labute approximate surface area is 111 Å². The largest absolute Gasteiger partial charge is 0.312 e. The lowest BCUT2D eigenvalue weighted by molar-refractivity contribution is 0.309. The average Bonchev–Trinajstić information content (AvgIpc) is 2.32. The van der Waals surface area contributed by atoms with Gasteiger partial charge in [0.2, 0.25) is 10.0 Å². The number of sulfonamides is 1. The van der Waals surface area contributed by atoms with Crippen LogP contribution in [0.2, 0.25) is 5.02 Å². The van der Waals surface area contributed by atoms with E-state index in [-0.39, 0.29) is 16.0 Å². The number of nitrogens with one attached hydrogen (secondary N) is 1. The van der Waals surface area contributed by atoms with Crippen molar-refractivity contribution >= 4 is 21.6 Å². The van der Waals surface area contributed by atoms with Crippen LogP contribution in [0.5, 0.6) is 0 Å². The maximum atomic E-state index is 13.8. The summed E-state index contributed by atoms with van der Waals surface area (Å²) in [5, 5.41) is 2.95. The van der Waals surface area contributed by atoms with Gasteiger partial charge in [-0.1, -0.05) is 17.7 Å². The van der Waals surface area contributed by atoms with Crippen molar-refractivity contribution in [3.8, 4) is 0 Å². The predicted octanol–water partition coefficient (Wildman–Crippen LogP) is 1.46. The van der Waals surface area contributed by atoms with Crippen LogP contribution in [0.1, 0.15) is 6.92 Å². The first-order valence-electron chi connectivity index (χ1n) is 5.60. The Morgan fingerprint density at radius 2 is 2.22 bits per heavy atom. The van der Waals surface area contributed by atoms with Gasteiger partial charge in [0, 0.05) is 25.7 Å². The Bertz CT molecular complexity index is 550. The molecule has 0 spiro atoms. The lowest BCUT2D eigenvalue weighted by atomic mass is 10.3. The second-order valence-corrected chi connectivity index (χ2v) is 6.58. The highest BCUT2D eigenvalue weighted by atomic mass is 35.5. The van der Waals surface area contributed by atoms with Crippen LogP contribution < -0.4 is 5.32 Å². The monoisotopic (exact) mass is 292 g/mol. The molecule has 0 unspecified atom stereocenters. The van der Waals surface area contributed by atoms with E-state index in [0.29, 0.717) is 19.6 Å². The van der Waals surface area contributed by atoms with E-state index in [1.54, 1.807) is 0 Å². The number of benzene rings is 1. The first-order valence-corrected chi connectivity index (χ1v) is 7.42.